The molecule has 0 spiro atoms. The van der Waals surface area contributed by atoms with Gasteiger partial charge in [0.1, 0.15) is 5.82 Å². The average Bonchev–Trinajstić information content (AvgIpc) is 3.09. The van der Waals surface area contributed by atoms with Gasteiger partial charge < -0.3 is 5.32 Å². The highest BCUT2D eigenvalue weighted by Crippen LogP contribution is 2.36. The number of hydrogen-bond acceptors (Lipinski definition) is 3. The average molecular weight is 353 g/mol. The van der Waals surface area contributed by atoms with E-state index in [1.54, 1.807) is 0 Å². The van der Waals surface area contributed by atoms with E-state index in [9.17, 15) is 22.4 Å². The van der Waals surface area contributed by atoms with E-state index >= 15 is 0 Å². The predicted octanol–water partition coefficient (Wildman–Crippen LogP) is 4.43. The van der Waals surface area contributed by atoms with Gasteiger partial charge in [0.25, 0.3) is 0 Å². The lowest BCUT2D eigenvalue weighted by atomic mass is 10.1. The molecule has 1 aliphatic carbocycles. The van der Waals surface area contributed by atoms with Crippen LogP contribution in [-0.4, -0.2) is 15.9 Å². The maximum atomic E-state index is 13.3. The largest absolute Gasteiger partial charge is 0.435 e. The highest BCUT2D eigenvalue weighted by molar-refractivity contribution is 5.93. The molecule has 2 heterocycles. The number of aromatic nitrogens is 2. The number of carbonyl (C=O) groups is 1. The van der Waals surface area contributed by atoms with Crippen molar-refractivity contribution in [2.24, 2.45) is 5.92 Å². The topological polar surface area (TPSA) is 54.9 Å². The summed E-state index contributed by atoms with van der Waals surface area (Å²) in [5, 5.41) is 2.34. The second kappa shape index (κ2) is 6.78. The van der Waals surface area contributed by atoms with Crippen molar-refractivity contribution >= 4 is 11.6 Å². The van der Waals surface area contributed by atoms with Crippen LogP contribution in [0.1, 0.15) is 31.4 Å². The number of halogens is 4. The second-order valence-electron chi connectivity index (χ2n) is 5.95. The highest BCUT2D eigenvalue weighted by atomic mass is 19.4. The fourth-order valence-electron chi connectivity index (χ4n) is 2.91. The number of alkyl halides is 3. The lowest BCUT2D eigenvalue weighted by Gasteiger charge is -2.16. The van der Waals surface area contributed by atoms with E-state index in [0.29, 0.717) is 12.8 Å². The molecule has 25 heavy (non-hydrogen) atoms. The fourth-order valence-corrected chi connectivity index (χ4v) is 2.91. The lowest BCUT2D eigenvalue weighted by molar-refractivity contribution is -0.140. The molecular formula is C17H15F4N3O. The third-order valence-corrected chi connectivity index (χ3v) is 4.15. The summed E-state index contributed by atoms with van der Waals surface area (Å²) in [6.45, 7) is 0. The van der Waals surface area contributed by atoms with Gasteiger partial charge in [0.05, 0.1) is 17.6 Å². The molecule has 2 aromatic rings. The Labute approximate surface area is 141 Å². The van der Waals surface area contributed by atoms with Gasteiger partial charge in [-0.15, -0.1) is 0 Å². The molecule has 0 saturated heterocycles. The molecule has 0 atom stereocenters. The van der Waals surface area contributed by atoms with Gasteiger partial charge in [-0.05, 0) is 31.0 Å². The maximum Gasteiger partial charge on any atom is 0.435 e. The van der Waals surface area contributed by atoms with Crippen LogP contribution in [0.25, 0.3) is 11.3 Å². The van der Waals surface area contributed by atoms with E-state index in [0.717, 1.165) is 31.2 Å². The number of hydrogen-bond donors (Lipinski definition) is 1. The molecule has 0 aliphatic heterocycles. The van der Waals surface area contributed by atoms with Gasteiger partial charge >= 0.3 is 6.18 Å². The number of nitrogens with one attached hydrogen (secondary N) is 1. The van der Waals surface area contributed by atoms with E-state index in [1.807, 2.05) is 0 Å². The summed E-state index contributed by atoms with van der Waals surface area (Å²) in [7, 11) is 0. The van der Waals surface area contributed by atoms with Crippen LogP contribution >= 0.6 is 0 Å². The number of amides is 1. The van der Waals surface area contributed by atoms with Gasteiger partial charge in [-0.1, -0.05) is 12.8 Å². The molecule has 4 nitrogen and oxygen atoms in total. The molecule has 3 rings (SSSR count). The summed E-state index contributed by atoms with van der Waals surface area (Å²) in [6, 6.07) is 3.49. The Balaban J connectivity index is 1.94. The first-order valence-corrected chi connectivity index (χ1v) is 7.84. The third-order valence-electron chi connectivity index (χ3n) is 4.15. The van der Waals surface area contributed by atoms with Crippen LogP contribution in [0.3, 0.4) is 0 Å². The monoisotopic (exact) mass is 353 g/mol. The number of carbonyl (C=O) groups excluding carboxylic acids is 1. The first-order valence-electron chi connectivity index (χ1n) is 7.84. The molecule has 2 aromatic heterocycles. The van der Waals surface area contributed by atoms with Crippen molar-refractivity contribution in [2.45, 2.75) is 31.9 Å². The predicted molar refractivity (Wildman–Crippen MR) is 83.0 cm³/mol. The fraction of sp³-hybridized carbons (Fsp3) is 0.353. The highest BCUT2D eigenvalue weighted by Gasteiger charge is 2.37. The summed E-state index contributed by atoms with van der Waals surface area (Å²) in [6.07, 6.45) is 0.561. The summed E-state index contributed by atoms with van der Waals surface area (Å²) >= 11 is 0. The smallest absolute Gasteiger partial charge is 0.324 e. The molecule has 1 aliphatic rings. The van der Waals surface area contributed by atoms with Crippen LogP contribution < -0.4 is 5.32 Å². The zero-order chi connectivity index (χ0) is 18.0. The molecule has 1 fully saturated rings. The Kier molecular flexibility index (Phi) is 4.69. The minimum Gasteiger partial charge on any atom is -0.324 e. The Morgan fingerprint density at radius 1 is 1.16 bits per heavy atom. The molecule has 1 amide bonds. The van der Waals surface area contributed by atoms with E-state index in [4.69, 9.17) is 0 Å². The first kappa shape index (κ1) is 17.3. The zero-order valence-electron chi connectivity index (χ0n) is 13.1. The molecule has 1 saturated carbocycles. The lowest BCUT2D eigenvalue weighted by Crippen LogP contribution is -2.23. The SMILES string of the molecule is O=C(Nc1ccc(-c2cncc(F)c2)nc1C(F)(F)F)C1CCCC1. The van der Waals surface area contributed by atoms with Gasteiger partial charge in [-0.25, -0.2) is 9.37 Å². The van der Waals surface area contributed by atoms with Crippen molar-refractivity contribution < 1.29 is 22.4 Å². The normalized spacial score (nSPS) is 15.4. The van der Waals surface area contributed by atoms with E-state index in [-0.39, 0.29) is 17.2 Å². The van der Waals surface area contributed by atoms with Crippen molar-refractivity contribution in [3.05, 3.63) is 42.1 Å². The molecule has 1 N–H and O–H groups in total. The van der Waals surface area contributed by atoms with E-state index in [1.165, 1.54) is 12.3 Å². The van der Waals surface area contributed by atoms with Crippen LogP contribution in [0.4, 0.5) is 23.2 Å². The molecule has 0 unspecified atom stereocenters. The van der Waals surface area contributed by atoms with Crippen LogP contribution in [0.2, 0.25) is 0 Å². The Bertz CT molecular complexity index is 786. The molecule has 0 bridgehead atoms. The number of pyridine rings is 2. The van der Waals surface area contributed by atoms with Crippen LogP contribution in [0.5, 0.6) is 0 Å². The van der Waals surface area contributed by atoms with E-state index < -0.39 is 29.3 Å². The summed E-state index contributed by atoms with van der Waals surface area (Å²) in [4.78, 5) is 19.3. The van der Waals surface area contributed by atoms with Crippen molar-refractivity contribution in [3.8, 4) is 11.3 Å². The molecular weight excluding hydrogens is 338 g/mol. The van der Waals surface area contributed by atoms with Gasteiger partial charge in [0.15, 0.2) is 5.69 Å². The van der Waals surface area contributed by atoms with Gasteiger partial charge in [0, 0.05) is 17.7 Å². The van der Waals surface area contributed by atoms with Crippen LogP contribution in [-0.2, 0) is 11.0 Å². The molecule has 8 heteroatoms. The van der Waals surface area contributed by atoms with Gasteiger partial charge in [0.2, 0.25) is 5.91 Å². The minimum atomic E-state index is -4.75. The zero-order valence-corrected chi connectivity index (χ0v) is 13.1. The number of rotatable bonds is 3. The van der Waals surface area contributed by atoms with Gasteiger partial charge in [-0.3, -0.25) is 9.78 Å². The van der Waals surface area contributed by atoms with Crippen LogP contribution in [0, 0.1) is 11.7 Å². The molecule has 0 radical (unpaired) electrons. The number of anilines is 1. The maximum absolute atomic E-state index is 13.3. The van der Waals surface area contributed by atoms with E-state index in [2.05, 4.69) is 15.3 Å². The Morgan fingerprint density at radius 3 is 2.52 bits per heavy atom. The summed E-state index contributed by atoms with van der Waals surface area (Å²) < 4.78 is 53.3. The standard InChI is InChI=1S/C17H15F4N3O/c18-12-7-11(8-22-9-12)13-5-6-14(15(23-13)17(19,20)21)24-16(25)10-3-1-2-4-10/h5-10H,1-4H2,(H,24,25). The quantitative estimate of drug-likeness (QED) is 0.831. The second-order valence-corrected chi connectivity index (χ2v) is 5.95. The molecule has 0 aromatic carbocycles. The van der Waals surface area contributed by atoms with Crippen molar-refractivity contribution in [1.29, 1.82) is 0 Å². The third kappa shape index (κ3) is 3.94. The first-order chi connectivity index (χ1) is 11.8. The van der Waals surface area contributed by atoms with Crippen LogP contribution in [0.15, 0.2) is 30.6 Å². The Hall–Kier alpha value is -2.51. The minimum absolute atomic E-state index is 0.0711. The molecule has 132 valence electrons. The Morgan fingerprint density at radius 2 is 1.88 bits per heavy atom. The summed E-state index contributed by atoms with van der Waals surface area (Å²) in [5.41, 5.74) is -1.55. The van der Waals surface area contributed by atoms with Crippen molar-refractivity contribution in [1.82, 2.24) is 9.97 Å². The van der Waals surface area contributed by atoms with Crippen molar-refractivity contribution in [3.63, 3.8) is 0 Å². The van der Waals surface area contributed by atoms with Crippen molar-refractivity contribution in [2.75, 3.05) is 5.32 Å². The summed E-state index contributed by atoms with van der Waals surface area (Å²) in [5.74, 6) is -1.37. The van der Waals surface area contributed by atoms with Gasteiger partial charge in [-0.2, -0.15) is 13.2 Å². The number of nitrogens with zero attached hydrogens (tertiary/aromatic N) is 2.